The molecule has 0 aliphatic heterocycles. The van der Waals surface area contributed by atoms with Crippen molar-refractivity contribution >= 4 is 17.5 Å². The number of aliphatic hydroxyl groups is 1. The van der Waals surface area contributed by atoms with Gasteiger partial charge in [0, 0.05) is 5.02 Å². The molecule has 116 valence electrons. The number of nitrogens with one attached hydrogen (secondary N) is 1. The average molecular weight is 322 g/mol. The lowest BCUT2D eigenvalue weighted by atomic mass is 10.0. The van der Waals surface area contributed by atoms with Crippen LogP contribution in [0.15, 0.2) is 48.5 Å². The van der Waals surface area contributed by atoms with Crippen molar-refractivity contribution in [3.8, 4) is 0 Å². The standard InChI is InChI=1S/C17H17ClFNO2/c1-11(17(22)13-4-8-15(19)9-5-13)20-16(21)10-12-2-6-14(18)7-3-12/h2-9,11,17,22H,10H2,1H3,(H,20,21). The number of halogens is 2. The van der Waals surface area contributed by atoms with Crippen molar-refractivity contribution < 1.29 is 14.3 Å². The van der Waals surface area contributed by atoms with Crippen LogP contribution in [0.2, 0.25) is 5.02 Å². The Bertz CT molecular complexity index is 628. The van der Waals surface area contributed by atoms with Crippen LogP contribution in [-0.2, 0) is 11.2 Å². The van der Waals surface area contributed by atoms with Crippen LogP contribution >= 0.6 is 11.6 Å². The Morgan fingerprint density at radius 3 is 2.36 bits per heavy atom. The van der Waals surface area contributed by atoms with Gasteiger partial charge in [-0.1, -0.05) is 35.9 Å². The summed E-state index contributed by atoms with van der Waals surface area (Å²) < 4.78 is 12.9. The Morgan fingerprint density at radius 1 is 1.18 bits per heavy atom. The second-order valence-corrected chi connectivity index (χ2v) is 5.59. The fourth-order valence-corrected chi connectivity index (χ4v) is 2.25. The first-order valence-electron chi connectivity index (χ1n) is 6.93. The van der Waals surface area contributed by atoms with Gasteiger partial charge in [-0.05, 0) is 42.3 Å². The number of rotatable bonds is 5. The molecule has 0 spiro atoms. The molecule has 0 fully saturated rings. The number of amides is 1. The number of carbonyl (C=O) groups excluding carboxylic acids is 1. The zero-order chi connectivity index (χ0) is 16.1. The molecular weight excluding hydrogens is 305 g/mol. The number of aliphatic hydroxyl groups excluding tert-OH is 1. The van der Waals surface area contributed by atoms with Crippen LogP contribution in [-0.4, -0.2) is 17.1 Å². The molecule has 1 amide bonds. The predicted octanol–water partition coefficient (Wildman–Crippen LogP) is 3.26. The zero-order valence-corrected chi connectivity index (χ0v) is 12.8. The van der Waals surface area contributed by atoms with Crippen molar-refractivity contribution in [3.05, 3.63) is 70.5 Å². The smallest absolute Gasteiger partial charge is 0.224 e. The molecule has 0 saturated carbocycles. The van der Waals surface area contributed by atoms with Crippen LogP contribution in [0.5, 0.6) is 0 Å². The summed E-state index contributed by atoms with van der Waals surface area (Å²) in [6.45, 7) is 1.70. The van der Waals surface area contributed by atoms with Gasteiger partial charge in [0.1, 0.15) is 5.82 Å². The maximum absolute atomic E-state index is 12.9. The molecule has 0 radical (unpaired) electrons. The van der Waals surface area contributed by atoms with E-state index in [1.54, 1.807) is 31.2 Å². The highest BCUT2D eigenvalue weighted by molar-refractivity contribution is 6.30. The van der Waals surface area contributed by atoms with Crippen molar-refractivity contribution in [2.24, 2.45) is 0 Å². The van der Waals surface area contributed by atoms with E-state index < -0.39 is 12.1 Å². The molecular formula is C17H17ClFNO2. The maximum Gasteiger partial charge on any atom is 0.224 e. The number of benzene rings is 2. The molecule has 2 N–H and O–H groups in total. The van der Waals surface area contributed by atoms with E-state index >= 15 is 0 Å². The Balaban J connectivity index is 1.92. The summed E-state index contributed by atoms with van der Waals surface area (Å²) in [4.78, 5) is 12.0. The summed E-state index contributed by atoms with van der Waals surface area (Å²) >= 11 is 5.79. The van der Waals surface area contributed by atoms with Crippen molar-refractivity contribution in [1.29, 1.82) is 0 Å². The van der Waals surface area contributed by atoms with Crippen LogP contribution in [0.4, 0.5) is 4.39 Å². The molecule has 2 aromatic rings. The maximum atomic E-state index is 12.9. The number of hydrogen-bond acceptors (Lipinski definition) is 2. The minimum Gasteiger partial charge on any atom is -0.386 e. The van der Waals surface area contributed by atoms with Crippen molar-refractivity contribution in [2.75, 3.05) is 0 Å². The Hall–Kier alpha value is -1.91. The van der Waals surface area contributed by atoms with Crippen LogP contribution < -0.4 is 5.32 Å². The van der Waals surface area contributed by atoms with E-state index in [-0.39, 0.29) is 18.1 Å². The number of hydrogen-bond donors (Lipinski definition) is 2. The molecule has 0 bridgehead atoms. The van der Waals surface area contributed by atoms with E-state index in [4.69, 9.17) is 11.6 Å². The molecule has 0 aliphatic rings. The lowest BCUT2D eigenvalue weighted by molar-refractivity contribution is -0.121. The largest absolute Gasteiger partial charge is 0.386 e. The fraction of sp³-hybridized carbons (Fsp3) is 0.235. The van der Waals surface area contributed by atoms with Crippen molar-refractivity contribution in [2.45, 2.75) is 25.5 Å². The topological polar surface area (TPSA) is 49.3 Å². The van der Waals surface area contributed by atoms with E-state index in [1.165, 1.54) is 24.3 Å². The van der Waals surface area contributed by atoms with Crippen molar-refractivity contribution in [3.63, 3.8) is 0 Å². The Kier molecular flexibility index (Phi) is 5.52. The molecule has 2 atom stereocenters. The van der Waals surface area contributed by atoms with Crippen LogP contribution in [0, 0.1) is 5.82 Å². The third-order valence-corrected chi connectivity index (χ3v) is 3.60. The second kappa shape index (κ2) is 7.38. The molecule has 0 aromatic heterocycles. The Morgan fingerprint density at radius 2 is 1.77 bits per heavy atom. The van der Waals surface area contributed by atoms with Gasteiger partial charge in [-0.3, -0.25) is 4.79 Å². The van der Waals surface area contributed by atoms with Gasteiger partial charge in [0.25, 0.3) is 0 Å². The highest BCUT2D eigenvalue weighted by Gasteiger charge is 2.18. The zero-order valence-electron chi connectivity index (χ0n) is 12.1. The first kappa shape index (κ1) is 16.5. The van der Waals surface area contributed by atoms with Gasteiger partial charge in [0.15, 0.2) is 0 Å². The van der Waals surface area contributed by atoms with Gasteiger partial charge < -0.3 is 10.4 Å². The minimum atomic E-state index is -0.894. The van der Waals surface area contributed by atoms with Gasteiger partial charge in [0.05, 0.1) is 18.6 Å². The quantitative estimate of drug-likeness (QED) is 0.888. The molecule has 2 aromatic carbocycles. The summed E-state index contributed by atoms with van der Waals surface area (Å²) in [6, 6.07) is 12.1. The van der Waals surface area contributed by atoms with Gasteiger partial charge in [0.2, 0.25) is 5.91 Å². The monoisotopic (exact) mass is 321 g/mol. The first-order valence-corrected chi connectivity index (χ1v) is 7.31. The highest BCUT2D eigenvalue weighted by atomic mass is 35.5. The van der Waals surface area contributed by atoms with Gasteiger partial charge in [-0.15, -0.1) is 0 Å². The molecule has 3 nitrogen and oxygen atoms in total. The molecule has 0 aliphatic carbocycles. The minimum absolute atomic E-state index is 0.198. The molecule has 22 heavy (non-hydrogen) atoms. The van der Waals surface area contributed by atoms with Gasteiger partial charge >= 0.3 is 0 Å². The Labute approximate surface area is 133 Å². The van der Waals surface area contributed by atoms with E-state index in [1.807, 2.05) is 0 Å². The lowest BCUT2D eigenvalue weighted by Crippen LogP contribution is -2.37. The van der Waals surface area contributed by atoms with E-state index in [0.29, 0.717) is 10.6 Å². The fourth-order valence-electron chi connectivity index (χ4n) is 2.12. The third-order valence-electron chi connectivity index (χ3n) is 3.35. The second-order valence-electron chi connectivity index (χ2n) is 5.16. The predicted molar refractivity (Wildman–Crippen MR) is 84.1 cm³/mol. The summed E-state index contributed by atoms with van der Waals surface area (Å²) in [6.07, 6.45) is -0.688. The third kappa shape index (κ3) is 4.55. The summed E-state index contributed by atoms with van der Waals surface area (Å²) in [7, 11) is 0. The molecule has 2 unspecified atom stereocenters. The van der Waals surface area contributed by atoms with Gasteiger partial charge in [-0.25, -0.2) is 4.39 Å². The molecule has 0 heterocycles. The highest BCUT2D eigenvalue weighted by Crippen LogP contribution is 2.17. The molecule has 2 rings (SSSR count). The van der Waals surface area contributed by atoms with E-state index in [0.717, 1.165) is 5.56 Å². The van der Waals surface area contributed by atoms with Gasteiger partial charge in [-0.2, -0.15) is 0 Å². The average Bonchev–Trinajstić information content (AvgIpc) is 2.49. The van der Waals surface area contributed by atoms with E-state index in [9.17, 15) is 14.3 Å². The first-order chi connectivity index (χ1) is 10.5. The lowest BCUT2D eigenvalue weighted by Gasteiger charge is -2.20. The van der Waals surface area contributed by atoms with Crippen molar-refractivity contribution in [1.82, 2.24) is 5.32 Å². The normalized spacial score (nSPS) is 13.5. The number of carbonyl (C=O) groups is 1. The van der Waals surface area contributed by atoms with Crippen LogP contribution in [0.1, 0.15) is 24.2 Å². The van der Waals surface area contributed by atoms with Crippen LogP contribution in [0.3, 0.4) is 0 Å². The molecule has 5 heteroatoms. The summed E-state index contributed by atoms with van der Waals surface area (Å²) in [5.74, 6) is -0.564. The van der Waals surface area contributed by atoms with Crippen LogP contribution in [0.25, 0.3) is 0 Å². The van der Waals surface area contributed by atoms with E-state index in [2.05, 4.69) is 5.32 Å². The SMILES string of the molecule is CC(NC(=O)Cc1ccc(Cl)cc1)C(O)c1ccc(F)cc1. The molecule has 0 saturated heterocycles. The summed E-state index contributed by atoms with van der Waals surface area (Å²) in [5.41, 5.74) is 1.39. The summed E-state index contributed by atoms with van der Waals surface area (Å²) in [5, 5.41) is 13.5.